The van der Waals surface area contributed by atoms with Gasteiger partial charge in [0.05, 0.1) is 11.6 Å². The summed E-state index contributed by atoms with van der Waals surface area (Å²) in [6, 6.07) is 13.4. The third-order valence-corrected chi connectivity index (χ3v) is 5.85. The molecular weight excluding hydrogens is 472 g/mol. The zero-order valence-electron chi connectivity index (χ0n) is 16.7. The number of rotatable bonds is 3. The number of aliphatic hydroxyl groups excluding tert-OH is 1. The number of nitrogens with zero attached hydrogens (tertiary/aromatic N) is 1. The summed E-state index contributed by atoms with van der Waals surface area (Å²) in [5, 5.41) is 11.6. The maximum absolute atomic E-state index is 14.9. The van der Waals surface area contributed by atoms with Crippen LogP contribution in [0.3, 0.4) is 0 Å². The maximum atomic E-state index is 14.9. The molecule has 0 spiro atoms. The first-order valence-electron chi connectivity index (χ1n) is 9.76. The van der Waals surface area contributed by atoms with Crippen LogP contribution in [0.4, 0.5) is 10.1 Å². The monoisotopic (exact) mass is 485 g/mol. The number of hydrogen-bond acceptors (Lipinski definition) is 5. The van der Waals surface area contributed by atoms with Gasteiger partial charge in [-0.25, -0.2) is 4.39 Å². The van der Waals surface area contributed by atoms with Crippen molar-refractivity contribution >= 4 is 46.3 Å². The molecular formula is C24H14Cl2FNO5. The summed E-state index contributed by atoms with van der Waals surface area (Å²) in [5.74, 6) is -2.21. The van der Waals surface area contributed by atoms with Crippen LogP contribution in [0.2, 0.25) is 10.0 Å². The minimum atomic E-state index is -1.26. The number of anilines is 1. The topological polar surface area (TPSA) is 76.1 Å². The molecule has 166 valence electrons. The normalized spacial score (nSPS) is 18.8. The third kappa shape index (κ3) is 3.59. The zero-order valence-corrected chi connectivity index (χ0v) is 18.2. The number of Topliss-reactive ketones (excluding diaryl/α,β-unsaturated/α-hetero) is 1. The van der Waals surface area contributed by atoms with E-state index in [0.29, 0.717) is 11.5 Å². The molecule has 2 heterocycles. The zero-order chi connectivity index (χ0) is 23.3. The second-order valence-electron chi connectivity index (χ2n) is 7.39. The molecule has 0 saturated carbocycles. The van der Waals surface area contributed by atoms with Crippen molar-refractivity contribution in [1.29, 1.82) is 0 Å². The molecule has 0 aliphatic carbocycles. The fourth-order valence-electron chi connectivity index (χ4n) is 3.97. The molecule has 6 nitrogen and oxygen atoms in total. The number of amides is 1. The first-order valence-corrected chi connectivity index (χ1v) is 10.5. The quantitative estimate of drug-likeness (QED) is 0.301. The summed E-state index contributed by atoms with van der Waals surface area (Å²) in [4.78, 5) is 27.4. The van der Waals surface area contributed by atoms with Crippen molar-refractivity contribution in [2.75, 3.05) is 11.7 Å². The Morgan fingerprint density at radius 1 is 0.970 bits per heavy atom. The molecule has 3 aromatic rings. The highest BCUT2D eigenvalue weighted by Gasteiger charge is 2.48. The Morgan fingerprint density at radius 3 is 2.39 bits per heavy atom. The number of aliphatic hydroxyl groups is 1. The highest BCUT2D eigenvalue weighted by Crippen LogP contribution is 2.45. The lowest BCUT2D eigenvalue weighted by molar-refractivity contribution is -0.132. The van der Waals surface area contributed by atoms with E-state index >= 15 is 0 Å². The SMILES string of the molecule is O=C1C(=O)N(c2cc(Cl)cc(Cl)c2)C(c2ccccc2F)/C1=C(\O)c1ccc2c(c1)OCO2. The van der Waals surface area contributed by atoms with Gasteiger partial charge < -0.3 is 14.6 Å². The summed E-state index contributed by atoms with van der Waals surface area (Å²) in [5.41, 5.74) is 0.144. The molecule has 1 unspecified atom stereocenters. The lowest BCUT2D eigenvalue weighted by Gasteiger charge is -2.26. The van der Waals surface area contributed by atoms with Crippen LogP contribution in [-0.2, 0) is 9.59 Å². The van der Waals surface area contributed by atoms with Gasteiger partial charge in [-0.2, -0.15) is 0 Å². The van der Waals surface area contributed by atoms with Gasteiger partial charge in [0.25, 0.3) is 11.7 Å². The van der Waals surface area contributed by atoms with Crippen LogP contribution in [-0.4, -0.2) is 23.6 Å². The van der Waals surface area contributed by atoms with Gasteiger partial charge in [0.15, 0.2) is 11.5 Å². The van der Waals surface area contributed by atoms with Crippen molar-refractivity contribution in [1.82, 2.24) is 0 Å². The number of ether oxygens (including phenoxy) is 2. The standard InChI is InChI=1S/C24H14Cl2FNO5/c25-13-8-14(26)10-15(9-13)28-21(16-3-1-2-4-17(16)27)20(23(30)24(28)31)22(29)12-5-6-18-19(7-12)33-11-32-18/h1-10,21,29H,11H2/b22-20+. The van der Waals surface area contributed by atoms with Gasteiger partial charge >= 0.3 is 0 Å². The van der Waals surface area contributed by atoms with E-state index < -0.39 is 29.3 Å². The highest BCUT2D eigenvalue weighted by molar-refractivity contribution is 6.52. The molecule has 0 aromatic heterocycles. The van der Waals surface area contributed by atoms with Crippen molar-refractivity contribution in [2.24, 2.45) is 0 Å². The van der Waals surface area contributed by atoms with Gasteiger partial charge in [0.2, 0.25) is 6.79 Å². The fraction of sp³-hybridized carbons (Fsp3) is 0.0833. The lowest BCUT2D eigenvalue weighted by Crippen LogP contribution is -2.29. The summed E-state index contributed by atoms with van der Waals surface area (Å²) >= 11 is 12.2. The van der Waals surface area contributed by atoms with Crippen LogP contribution < -0.4 is 14.4 Å². The van der Waals surface area contributed by atoms with Crippen LogP contribution >= 0.6 is 23.2 Å². The molecule has 1 saturated heterocycles. The Labute approximate surface area is 197 Å². The summed E-state index contributed by atoms with van der Waals surface area (Å²) in [6.45, 7) is 0.0225. The number of halogens is 3. The highest BCUT2D eigenvalue weighted by atomic mass is 35.5. The molecule has 5 rings (SSSR count). The van der Waals surface area contributed by atoms with E-state index in [2.05, 4.69) is 0 Å². The number of hydrogen-bond donors (Lipinski definition) is 1. The van der Waals surface area contributed by atoms with E-state index in [1.807, 2.05) is 0 Å². The Bertz CT molecular complexity index is 1340. The Balaban J connectivity index is 1.74. The van der Waals surface area contributed by atoms with Crippen LogP contribution in [0.1, 0.15) is 17.2 Å². The molecule has 2 aliphatic rings. The van der Waals surface area contributed by atoms with Gasteiger partial charge in [0.1, 0.15) is 11.6 Å². The van der Waals surface area contributed by atoms with Crippen molar-refractivity contribution in [3.05, 3.63) is 93.2 Å². The third-order valence-electron chi connectivity index (χ3n) is 5.42. The molecule has 1 atom stereocenters. The predicted molar refractivity (Wildman–Crippen MR) is 120 cm³/mol. The number of carbonyl (C=O) groups is 2. The molecule has 2 aliphatic heterocycles. The second kappa shape index (κ2) is 8.10. The van der Waals surface area contributed by atoms with Crippen LogP contribution in [0.15, 0.2) is 66.2 Å². The molecule has 0 bridgehead atoms. The van der Waals surface area contributed by atoms with Gasteiger partial charge in [0, 0.05) is 26.9 Å². The molecule has 33 heavy (non-hydrogen) atoms. The average molecular weight is 486 g/mol. The first-order chi connectivity index (χ1) is 15.8. The van der Waals surface area contributed by atoms with Crippen molar-refractivity contribution in [2.45, 2.75) is 6.04 Å². The van der Waals surface area contributed by atoms with Gasteiger partial charge in [-0.15, -0.1) is 0 Å². The Hall–Kier alpha value is -3.55. The van der Waals surface area contributed by atoms with E-state index in [4.69, 9.17) is 32.7 Å². The van der Waals surface area contributed by atoms with Crippen LogP contribution in [0, 0.1) is 5.82 Å². The summed E-state index contributed by atoms with van der Waals surface area (Å²) < 4.78 is 25.5. The fourth-order valence-corrected chi connectivity index (χ4v) is 4.48. The summed E-state index contributed by atoms with van der Waals surface area (Å²) in [7, 11) is 0. The molecule has 1 N–H and O–H groups in total. The predicted octanol–water partition coefficient (Wildman–Crippen LogP) is 5.49. The summed E-state index contributed by atoms with van der Waals surface area (Å²) in [6.07, 6.45) is 0. The van der Waals surface area contributed by atoms with Crippen molar-refractivity contribution in [3.8, 4) is 11.5 Å². The first kappa shape index (κ1) is 21.3. The van der Waals surface area contributed by atoms with Gasteiger partial charge in [-0.1, -0.05) is 41.4 Å². The van der Waals surface area contributed by atoms with E-state index in [9.17, 15) is 19.1 Å². The van der Waals surface area contributed by atoms with Gasteiger partial charge in [-0.3, -0.25) is 14.5 Å². The van der Waals surface area contributed by atoms with Crippen molar-refractivity contribution < 1.29 is 28.6 Å². The van der Waals surface area contributed by atoms with Gasteiger partial charge in [-0.05, 0) is 42.5 Å². The molecule has 0 radical (unpaired) electrons. The number of carbonyl (C=O) groups excluding carboxylic acids is 2. The van der Waals surface area contributed by atoms with Crippen molar-refractivity contribution in [3.63, 3.8) is 0 Å². The van der Waals surface area contributed by atoms with E-state index in [1.165, 1.54) is 48.5 Å². The Kier molecular flexibility index (Phi) is 5.23. The molecule has 9 heteroatoms. The largest absolute Gasteiger partial charge is 0.507 e. The van der Waals surface area contributed by atoms with Crippen LogP contribution in [0.5, 0.6) is 11.5 Å². The molecule has 1 amide bonds. The number of benzene rings is 3. The Morgan fingerprint density at radius 2 is 1.67 bits per heavy atom. The minimum absolute atomic E-state index is 0.0225. The molecule has 3 aromatic carbocycles. The maximum Gasteiger partial charge on any atom is 0.300 e. The van der Waals surface area contributed by atoms with Crippen LogP contribution in [0.25, 0.3) is 5.76 Å². The lowest BCUT2D eigenvalue weighted by atomic mass is 9.94. The average Bonchev–Trinajstić information content (AvgIpc) is 3.35. The number of ketones is 1. The van der Waals surface area contributed by atoms with E-state index in [0.717, 1.165) is 4.90 Å². The minimum Gasteiger partial charge on any atom is -0.507 e. The van der Waals surface area contributed by atoms with E-state index in [1.54, 1.807) is 12.1 Å². The molecule has 1 fully saturated rings. The van der Waals surface area contributed by atoms with E-state index in [-0.39, 0.29) is 39.2 Å². The smallest absolute Gasteiger partial charge is 0.300 e. The second-order valence-corrected chi connectivity index (χ2v) is 8.26. The number of fused-ring (bicyclic) bond motifs is 1.